The van der Waals surface area contributed by atoms with Crippen LogP contribution in [-0.4, -0.2) is 18.9 Å². The fourth-order valence-electron chi connectivity index (χ4n) is 1.71. The first-order valence-electron chi connectivity index (χ1n) is 5.33. The van der Waals surface area contributed by atoms with Crippen LogP contribution in [0.2, 0.25) is 0 Å². The van der Waals surface area contributed by atoms with E-state index in [0.29, 0.717) is 0 Å². The van der Waals surface area contributed by atoms with Gasteiger partial charge in [0.05, 0.1) is 6.04 Å². The molecular weight excluding hydrogens is 202 g/mol. The highest BCUT2D eigenvalue weighted by atomic mass is 16.3. The Balaban J connectivity index is 2.42. The predicted octanol–water partition coefficient (Wildman–Crippen LogP) is 2.53. The van der Waals surface area contributed by atoms with E-state index in [0.717, 1.165) is 22.3 Å². The van der Waals surface area contributed by atoms with Crippen LogP contribution in [0.1, 0.15) is 23.0 Å². The second-order valence-corrected chi connectivity index (χ2v) is 3.98. The molecule has 1 aromatic heterocycles. The Kier molecular flexibility index (Phi) is 2.79. The van der Waals surface area contributed by atoms with E-state index in [1.165, 1.54) is 0 Å². The minimum absolute atomic E-state index is 0.100. The molecule has 1 atom stereocenters. The van der Waals surface area contributed by atoms with Gasteiger partial charge in [0.15, 0.2) is 5.78 Å². The highest BCUT2D eigenvalue weighted by molar-refractivity contribution is 6.02. The number of carbonyl (C=O) groups is 1. The van der Waals surface area contributed by atoms with Gasteiger partial charge in [-0.05, 0) is 45.2 Å². The number of hydrogen-bond donors (Lipinski definition) is 1. The molecule has 1 aromatic carbocycles. The van der Waals surface area contributed by atoms with E-state index < -0.39 is 0 Å². The summed E-state index contributed by atoms with van der Waals surface area (Å²) in [5.74, 6) is 0.963. The number of nitrogens with one attached hydrogen (secondary N) is 1. The number of aryl methyl sites for hydroxylation is 1. The number of hydrogen-bond acceptors (Lipinski definition) is 3. The molecule has 3 nitrogen and oxygen atoms in total. The average Bonchev–Trinajstić information content (AvgIpc) is 2.65. The van der Waals surface area contributed by atoms with Gasteiger partial charge >= 0.3 is 0 Å². The highest BCUT2D eigenvalue weighted by Crippen LogP contribution is 2.20. The van der Waals surface area contributed by atoms with Crippen LogP contribution in [0.5, 0.6) is 0 Å². The Morgan fingerprint density at radius 2 is 2.12 bits per heavy atom. The van der Waals surface area contributed by atoms with E-state index in [4.69, 9.17) is 4.42 Å². The molecule has 16 heavy (non-hydrogen) atoms. The zero-order chi connectivity index (χ0) is 11.7. The Morgan fingerprint density at radius 1 is 1.38 bits per heavy atom. The maximum absolute atomic E-state index is 11.9. The van der Waals surface area contributed by atoms with Gasteiger partial charge in [0.2, 0.25) is 0 Å². The summed E-state index contributed by atoms with van der Waals surface area (Å²) in [6.45, 7) is 3.75. The molecule has 0 unspecified atom stereocenters. The molecule has 0 aliphatic rings. The summed E-state index contributed by atoms with van der Waals surface area (Å²) in [4.78, 5) is 11.9. The van der Waals surface area contributed by atoms with Crippen molar-refractivity contribution in [1.29, 1.82) is 0 Å². The molecular formula is C13H15NO2. The van der Waals surface area contributed by atoms with E-state index in [-0.39, 0.29) is 11.8 Å². The summed E-state index contributed by atoms with van der Waals surface area (Å²) in [5, 5.41) is 3.92. The number of carbonyl (C=O) groups excluding carboxylic acids is 1. The predicted molar refractivity (Wildman–Crippen MR) is 63.8 cm³/mol. The first-order valence-corrected chi connectivity index (χ1v) is 5.33. The summed E-state index contributed by atoms with van der Waals surface area (Å²) in [6, 6.07) is 7.31. The molecule has 0 saturated heterocycles. The van der Waals surface area contributed by atoms with Crippen LogP contribution in [0.25, 0.3) is 11.0 Å². The van der Waals surface area contributed by atoms with Crippen LogP contribution in [-0.2, 0) is 0 Å². The first-order chi connectivity index (χ1) is 7.61. The molecule has 3 heteroatoms. The monoisotopic (exact) mass is 217 g/mol. The maximum Gasteiger partial charge on any atom is 0.179 e. The maximum atomic E-state index is 11.9. The van der Waals surface area contributed by atoms with Gasteiger partial charge in [-0.15, -0.1) is 0 Å². The molecule has 1 N–H and O–H groups in total. The quantitative estimate of drug-likeness (QED) is 0.803. The molecule has 0 radical (unpaired) electrons. The third-order valence-electron chi connectivity index (χ3n) is 2.75. The zero-order valence-corrected chi connectivity index (χ0v) is 9.70. The first kappa shape index (κ1) is 10.9. The molecule has 0 amide bonds. The van der Waals surface area contributed by atoms with Gasteiger partial charge in [0, 0.05) is 10.9 Å². The molecule has 0 saturated carbocycles. The third-order valence-corrected chi connectivity index (χ3v) is 2.75. The van der Waals surface area contributed by atoms with Gasteiger partial charge in [-0.2, -0.15) is 0 Å². The molecule has 0 aliphatic heterocycles. The fourth-order valence-corrected chi connectivity index (χ4v) is 1.71. The highest BCUT2D eigenvalue weighted by Gasteiger charge is 2.13. The van der Waals surface area contributed by atoms with Gasteiger partial charge in [0.1, 0.15) is 11.3 Å². The third kappa shape index (κ3) is 1.86. The summed E-state index contributed by atoms with van der Waals surface area (Å²) in [5.41, 5.74) is 1.54. The lowest BCUT2D eigenvalue weighted by Crippen LogP contribution is -2.30. The number of likely N-dealkylation sites (N-methyl/N-ethyl adjacent to an activating group) is 1. The SMILES string of the molecule is CN[C@H](C)C(=O)c1ccc2oc(C)cc2c1. The number of rotatable bonds is 3. The van der Waals surface area contributed by atoms with E-state index in [9.17, 15) is 4.79 Å². The van der Waals surface area contributed by atoms with E-state index >= 15 is 0 Å². The van der Waals surface area contributed by atoms with Crippen LogP contribution in [0.15, 0.2) is 28.7 Å². The number of benzene rings is 1. The summed E-state index contributed by atoms with van der Waals surface area (Å²) < 4.78 is 5.46. The van der Waals surface area contributed by atoms with Crippen molar-refractivity contribution in [1.82, 2.24) is 5.32 Å². The Hall–Kier alpha value is -1.61. The van der Waals surface area contributed by atoms with Crippen LogP contribution >= 0.6 is 0 Å². The number of Topliss-reactive ketones (excluding diaryl/α,β-unsaturated/α-hetero) is 1. The summed E-state index contributed by atoms with van der Waals surface area (Å²) in [7, 11) is 1.78. The summed E-state index contributed by atoms with van der Waals surface area (Å²) >= 11 is 0. The zero-order valence-electron chi connectivity index (χ0n) is 9.70. The Labute approximate surface area is 94.4 Å². The molecule has 84 valence electrons. The van der Waals surface area contributed by atoms with Crippen LogP contribution in [0.3, 0.4) is 0 Å². The lowest BCUT2D eigenvalue weighted by Gasteiger charge is -2.08. The van der Waals surface area contributed by atoms with Gasteiger partial charge < -0.3 is 9.73 Å². The smallest absolute Gasteiger partial charge is 0.179 e. The number of furan rings is 1. The van der Waals surface area contributed by atoms with Crippen molar-refractivity contribution in [3.63, 3.8) is 0 Å². The Morgan fingerprint density at radius 3 is 2.81 bits per heavy atom. The Bertz CT molecular complexity index is 528. The second kappa shape index (κ2) is 4.10. The van der Waals surface area contributed by atoms with Crippen LogP contribution < -0.4 is 5.32 Å². The van der Waals surface area contributed by atoms with E-state index in [1.54, 1.807) is 13.1 Å². The van der Waals surface area contributed by atoms with Gasteiger partial charge in [0.25, 0.3) is 0 Å². The minimum Gasteiger partial charge on any atom is -0.461 e. The van der Waals surface area contributed by atoms with Crippen molar-refractivity contribution >= 4 is 16.8 Å². The van der Waals surface area contributed by atoms with Gasteiger partial charge in [-0.3, -0.25) is 4.79 Å². The van der Waals surface area contributed by atoms with Crippen LogP contribution in [0, 0.1) is 6.92 Å². The number of ketones is 1. The van der Waals surface area contributed by atoms with Crippen molar-refractivity contribution in [2.75, 3.05) is 7.05 Å². The van der Waals surface area contributed by atoms with Crippen molar-refractivity contribution in [3.8, 4) is 0 Å². The molecule has 0 fully saturated rings. The van der Waals surface area contributed by atoms with Crippen molar-refractivity contribution in [2.45, 2.75) is 19.9 Å². The number of fused-ring (bicyclic) bond motifs is 1. The van der Waals surface area contributed by atoms with Crippen molar-refractivity contribution in [3.05, 3.63) is 35.6 Å². The minimum atomic E-state index is -0.162. The molecule has 1 heterocycles. The molecule has 2 aromatic rings. The summed E-state index contributed by atoms with van der Waals surface area (Å²) in [6.07, 6.45) is 0. The molecule has 2 rings (SSSR count). The van der Waals surface area contributed by atoms with Gasteiger partial charge in [-0.1, -0.05) is 0 Å². The van der Waals surface area contributed by atoms with E-state index in [1.807, 2.05) is 32.0 Å². The normalized spacial score (nSPS) is 12.9. The van der Waals surface area contributed by atoms with Crippen molar-refractivity contribution < 1.29 is 9.21 Å². The lowest BCUT2D eigenvalue weighted by atomic mass is 10.0. The molecule has 0 aliphatic carbocycles. The van der Waals surface area contributed by atoms with Gasteiger partial charge in [-0.25, -0.2) is 0 Å². The fraction of sp³-hybridized carbons (Fsp3) is 0.308. The van der Waals surface area contributed by atoms with E-state index in [2.05, 4.69) is 5.32 Å². The standard InChI is InChI=1S/C13H15NO2/c1-8-6-11-7-10(4-5-12(11)16-8)13(15)9(2)14-3/h4-7,9,14H,1-3H3/t9-/m1/s1. The lowest BCUT2D eigenvalue weighted by molar-refractivity contribution is 0.0955. The topological polar surface area (TPSA) is 42.2 Å². The van der Waals surface area contributed by atoms with Crippen molar-refractivity contribution in [2.24, 2.45) is 0 Å². The molecule has 0 bridgehead atoms. The largest absolute Gasteiger partial charge is 0.461 e. The van der Waals surface area contributed by atoms with Crippen LogP contribution in [0.4, 0.5) is 0 Å². The molecule has 0 spiro atoms. The average molecular weight is 217 g/mol. The second-order valence-electron chi connectivity index (χ2n) is 3.98.